The summed E-state index contributed by atoms with van der Waals surface area (Å²) in [5.41, 5.74) is 2.53. The predicted molar refractivity (Wildman–Crippen MR) is 87.6 cm³/mol. The average molecular weight is 290 g/mol. The molecule has 3 heteroatoms. The molecule has 1 aromatic heterocycles. The van der Waals surface area contributed by atoms with Crippen LogP contribution in [0, 0.1) is 6.92 Å². The van der Waals surface area contributed by atoms with Crippen molar-refractivity contribution in [3.8, 4) is 0 Å². The van der Waals surface area contributed by atoms with Crippen LogP contribution in [0.15, 0.2) is 18.3 Å². The zero-order valence-electron chi connectivity index (χ0n) is 13.6. The molecule has 1 saturated heterocycles. The molecule has 21 heavy (non-hydrogen) atoms. The monoisotopic (exact) mass is 290 g/mol. The molecule has 1 aromatic rings. The van der Waals surface area contributed by atoms with Crippen LogP contribution in [-0.2, 0) is 11.2 Å². The number of aryl methyl sites for hydroxylation is 1. The first-order chi connectivity index (χ1) is 10.3. The van der Waals surface area contributed by atoms with Crippen LogP contribution in [0.1, 0.15) is 56.7 Å². The number of hydrogen-bond donors (Lipinski definition) is 1. The largest absolute Gasteiger partial charge is 0.378 e. The molecule has 0 radical (unpaired) electrons. The summed E-state index contributed by atoms with van der Waals surface area (Å²) in [6.07, 6.45) is 10.8. The summed E-state index contributed by atoms with van der Waals surface area (Å²) in [4.78, 5) is 4.55. The molecule has 1 fully saturated rings. The van der Waals surface area contributed by atoms with Crippen molar-refractivity contribution in [3.05, 3.63) is 29.6 Å². The molecule has 2 unspecified atom stereocenters. The Morgan fingerprint density at radius 1 is 1.43 bits per heavy atom. The van der Waals surface area contributed by atoms with E-state index in [1.165, 1.54) is 49.8 Å². The fraction of sp³-hybridized carbons (Fsp3) is 0.722. The Morgan fingerprint density at radius 2 is 2.33 bits per heavy atom. The van der Waals surface area contributed by atoms with Crippen molar-refractivity contribution in [2.45, 2.75) is 70.9 Å². The second-order valence-electron chi connectivity index (χ2n) is 6.19. The first-order valence-corrected chi connectivity index (χ1v) is 8.55. The van der Waals surface area contributed by atoms with Gasteiger partial charge in [0.1, 0.15) is 0 Å². The minimum absolute atomic E-state index is 0.481. The van der Waals surface area contributed by atoms with Crippen LogP contribution in [0.2, 0.25) is 0 Å². The van der Waals surface area contributed by atoms with Crippen molar-refractivity contribution >= 4 is 0 Å². The summed E-state index contributed by atoms with van der Waals surface area (Å²) < 4.78 is 5.86. The van der Waals surface area contributed by atoms with Crippen LogP contribution in [0.4, 0.5) is 0 Å². The molecule has 1 N–H and O–H groups in total. The number of hydrogen-bond acceptors (Lipinski definition) is 3. The minimum atomic E-state index is 0.481. The number of nitrogens with zero attached hydrogens (tertiary/aromatic N) is 1. The van der Waals surface area contributed by atoms with Crippen molar-refractivity contribution < 1.29 is 4.74 Å². The summed E-state index contributed by atoms with van der Waals surface area (Å²) in [5.74, 6) is 0. The predicted octanol–water partition coefficient (Wildman–Crippen LogP) is 3.65. The van der Waals surface area contributed by atoms with E-state index in [9.17, 15) is 0 Å². The highest BCUT2D eigenvalue weighted by molar-refractivity contribution is 5.18. The zero-order valence-corrected chi connectivity index (χ0v) is 13.6. The third kappa shape index (κ3) is 5.76. The topological polar surface area (TPSA) is 34.1 Å². The van der Waals surface area contributed by atoms with E-state index in [0.717, 1.165) is 19.6 Å². The number of aromatic nitrogens is 1. The molecule has 2 heterocycles. The van der Waals surface area contributed by atoms with Gasteiger partial charge in [0, 0.05) is 31.0 Å². The molecular formula is C18H30N2O. The molecule has 0 spiro atoms. The van der Waals surface area contributed by atoms with Gasteiger partial charge in [0.2, 0.25) is 0 Å². The maximum Gasteiger partial charge on any atom is 0.0575 e. The molecule has 0 saturated carbocycles. The smallest absolute Gasteiger partial charge is 0.0575 e. The van der Waals surface area contributed by atoms with E-state index in [4.69, 9.17) is 4.74 Å². The van der Waals surface area contributed by atoms with Crippen LogP contribution in [-0.4, -0.2) is 30.3 Å². The standard InChI is InChI=1S/C18H30N2O/c1-3-11-19-16(9-10-17-8-4-5-13-21-17)14-18-15(2)7-6-12-20-18/h6-7,12,16-17,19H,3-5,8-11,13-14H2,1-2H3. The quantitative estimate of drug-likeness (QED) is 0.793. The van der Waals surface area contributed by atoms with Crippen LogP contribution >= 0.6 is 0 Å². The number of nitrogens with one attached hydrogen (secondary N) is 1. The van der Waals surface area contributed by atoms with Crippen molar-refractivity contribution in [1.29, 1.82) is 0 Å². The summed E-state index contributed by atoms with van der Waals surface area (Å²) in [7, 11) is 0. The molecule has 2 rings (SSSR count). The lowest BCUT2D eigenvalue weighted by atomic mass is 9.98. The first kappa shape index (κ1) is 16.4. The maximum atomic E-state index is 5.86. The number of ether oxygens (including phenoxy) is 1. The van der Waals surface area contributed by atoms with Crippen LogP contribution in [0.25, 0.3) is 0 Å². The van der Waals surface area contributed by atoms with Gasteiger partial charge in [-0.15, -0.1) is 0 Å². The van der Waals surface area contributed by atoms with E-state index in [2.05, 4.69) is 30.2 Å². The molecule has 0 aliphatic carbocycles. The van der Waals surface area contributed by atoms with Gasteiger partial charge in [-0.05, 0) is 63.6 Å². The highest BCUT2D eigenvalue weighted by Gasteiger charge is 2.17. The number of rotatable bonds is 8. The van der Waals surface area contributed by atoms with Gasteiger partial charge in [0.05, 0.1) is 6.10 Å². The Labute approximate surface area is 129 Å². The van der Waals surface area contributed by atoms with Crippen molar-refractivity contribution in [3.63, 3.8) is 0 Å². The van der Waals surface area contributed by atoms with Crippen LogP contribution in [0.5, 0.6) is 0 Å². The van der Waals surface area contributed by atoms with Gasteiger partial charge < -0.3 is 10.1 Å². The summed E-state index contributed by atoms with van der Waals surface area (Å²) in [6, 6.07) is 4.69. The lowest BCUT2D eigenvalue weighted by molar-refractivity contribution is 0.00857. The second-order valence-corrected chi connectivity index (χ2v) is 6.19. The summed E-state index contributed by atoms with van der Waals surface area (Å²) >= 11 is 0. The Kier molecular flexibility index (Phi) is 7.17. The molecule has 1 aliphatic rings. The van der Waals surface area contributed by atoms with E-state index in [1.807, 2.05) is 12.3 Å². The molecule has 2 atom stereocenters. The zero-order chi connectivity index (χ0) is 14.9. The van der Waals surface area contributed by atoms with E-state index < -0.39 is 0 Å². The van der Waals surface area contributed by atoms with Crippen molar-refractivity contribution in [2.24, 2.45) is 0 Å². The lowest BCUT2D eigenvalue weighted by Gasteiger charge is -2.25. The third-order valence-corrected chi connectivity index (χ3v) is 4.35. The average Bonchev–Trinajstić information content (AvgIpc) is 2.53. The Morgan fingerprint density at radius 3 is 3.05 bits per heavy atom. The van der Waals surface area contributed by atoms with Crippen LogP contribution in [0.3, 0.4) is 0 Å². The van der Waals surface area contributed by atoms with E-state index >= 15 is 0 Å². The summed E-state index contributed by atoms with van der Waals surface area (Å²) in [6.45, 7) is 6.42. The highest BCUT2D eigenvalue weighted by atomic mass is 16.5. The van der Waals surface area contributed by atoms with E-state index in [0.29, 0.717) is 12.1 Å². The molecule has 0 bridgehead atoms. The van der Waals surface area contributed by atoms with Gasteiger partial charge in [-0.3, -0.25) is 4.98 Å². The van der Waals surface area contributed by atoms with Crippen LogP contribution < -0.4 is 5.32 Å². The Hall–Kier alpha value is -0.930. The normalized spacial score (nSPS) is 20.4. The molecule has 0 amide bonds. The third-order valence-electron chi connectivity index (χ3n) is 4.35. The Bertz CT molecular complexity index is 402. The SMILES string of the molecule is CCCNC(CCC1CCCCO1)Cc1ncccc1C. The van der Waals surface area contributed by atoms with Gasteiger partial charge in [-0.2, -0.15) is 0 Å². The van der Waals surface area contributed by atoms with E-state index in [-0.39, 0.29) is 0 Å². The molecule has 118 valence electrons. The molecule has 3 nitrogen and oxygen atoms in total. The van der Waals surface area contributed by atoms with E-state index in [1.54, 1.807) is 0 Å². The van der Waals surface area contributed by atoms with Crippen molar-refractivity contribution in [2.75, 3.05) is 13.2 Å². The van der Waals surface area contributed by atoms with Gasteiger partial charge in [0.15, 0.2) is 0 Å². The lowest BCUT2D eigenvalue weighted by Crippen LogP contribution is -2.34. The van der Waals surface area contributed by atoms with Gasteiger partial charge in [-0.1, -0.05) is 13.0 Å². The molecule has 1 aliphatic heterocycles. The first-order valence-electron chi connectivity index (χ1n) is 8.55. The molecule has 0 aromatic carbocycles. The minimum Gasteiger partial charge on any atom is -0.378 e. The fourth-order valence-electron chi connectivity index (χ4n) is 3.01. The maximum absolute atomic E-state index is 5.86. The fourth-order valence-corrected chi connectivity index (χ4v) is 3.01. The summed E-state index contributed by atoms with van der Waals surface area (Å²) in [5, 5.41) is 3.69. The van der Waals surface area contributed by atoms with Gasteiger partial charge >= 0.3 is 0 Å². The molecular weight excluding hydrogens is 260 g/mol. The van der Waals surface area contributed by atoms with Crippen molar-refractivity contribution in [1.82, 2.24) is 10.3 Å². The highest BCUT2D eigenvalue weighted by Crippen LogP contribution is 2.19. The number of pyridine rings is 1. The second kappa shape index (κ2) is 9.16. The van der Waals surface area contributed by atoms with Gasteiger partial charge in [-0.25, -0.2) is 0 Å². The Balaban J connectivity index is 1.86. The van der Waals surface area contributed by atoms with Gasteiger partial charge in [0.25, 0.3) is 0 Å².